The van der Waals surface area contributed by atoms with E-state index in [2.05, 4.69) is 21.2 Å². The van der Waals surface area contributed by atoms with E-state index in [0.717, 1.165) is 6.26 Å². The zero-order chi connectivity index (χ0) is 12.3. The van der Waals surface area contributed by atoms with Crippen LogP contribution < -0.4 is 5.32 Å². The Morgan fingerprint density at radius 2 is 2.06 bits per heavy atom. The van der Waals surface area contributed by atoms with Crippen molar-refractivity contribution < 1.29 is 13.5 Å². The average molecular weight is 308 g/mol. The molecular formula is C10H14BrNO3S. The van der Waals surface area contributed by atoms with E-state index in [1.165, 1.54) is 12.1 Å². The Balaban J connectivity index is 3.18. The molecule has 4 nitrogen and oxygen atoms in total. The molecule has 0 aromatic heterocycles. The quantitative estimate of drug-likeness (QED) is 0.874. The van der Waals surface area contributed by atoms with Crippen LogP contribution in [0.5, 0.6) is 0 Å². The normalized spacial score (nSPS) is 13.8. The number of hydrogen-bond acceptors (Lipinski definition) is 4. The van der Waals surface area contributed by atoms with Crippen LogP contribution >= 0.6 is 15.9 Å². The molecule has 0 aliphatic carbocycles. The molecule has 0 saturated carbocycles. The molecule has 90 valence electrons. The third-order valence-corrected chi connectivity index (χ3v) is 3.65. The highest BCUT2D eigenvalue weighted by Gasteiger charge is 2.13. The van der Waals surface area contributed by atoms with E-state index >= 15 is 0 Å². The Morgan fingerprint density at radius 1 is 1.44 bits per heavy atom. The highest BCUT2D eigenvalue weighted by atomic mass is 79.9. The lowest BCUT2D eigenvalue weighted by Crippen LogP contribution is -2.17. The zero-order valence-electron chi connectivity index (χ0n) is 9.07. The second-order valence-corrected chi connectivity index (χ2v) is 6.50. The van der Waals surface area contributed by atoms with Gasteiger partial charge in [-0.1, -0.05) is 15.9 Å². The van der Waals surface area contributed by atoms with Crippen molar-refractivity contribution in [2.75, 3.05) is 19.8 Å². The number of sulfone groups is 1. The number of halogens is 1. The topological polar surface area (TPSA) is 66.4 Å². The van der Waals surface area contributed by atoms with E-state index in [0.29, 0.717) is 16.6 Å². The number of nitrogens with one attached hydrogen (secondary N) is 1. The lowest BCUT2D eigenvalue weighted by atomic mass is 10.1. The summed E-state index contributed by atoms with van der Waals surface area (Å²) in [4.78, 5) is 0.201. The molecule has 6 heteroatoms. The van der Waals surface area contributed by atoms with E-state index < -0.39 is 15.9 Å². The molecule has 0 bridgehead atoms. The molecule has 1 atom stereocenters. The molecule has 1 aromatic rings. The SMILES string of the molecule is CNCC(O)c1cc(Br)cc(S(C)(=O)=O)c1. The minimum Gasteiger partial charge on any atom is -0.387 e. The zero-order valence-corrected chi connectivity index (χ0v) is 11.5. The lowest BCUT2D eigenvalue weighted by molar-refractivity contribution is 0.177. The maximum absolute atomic E-state index is 11.4. The van der Waals surface area contributed by atoms with Crippen molar-refractivity contribution in [1.82, 2.24) is 5.32 Å². The van der Waals surface area contributed by atoms with Crippen LogP contribution in [0.3, 0.4) is 0 Å². The first-order valence-corrected chi connectivity index (χ1v) is 7.36. The van der Waals surface area contributed by atoms with Gasteiger partial charge in [0.25, 0.3) is 0 Å². The predicted molar refractivity (Wildman–Crippen MR) is 66.1 cm³/mol. The second kappa shape index (κ2) is 5.27. The number of aliphatic hydroxyl groups is 1. The van der Waals surface area contributed by atoms with Gasteiger partial charge in [-0.3, -0.25) is 0 Å². The summed E-state index contributed by atoms with van der Waals surface area (Å²) in [5.41, 5.74) is 0.573. The van der Waals surface area contributed by atoms with Crippen LogP contribution in [-0.4, -0.2) is 33.4 Å². The molecule has 1 rings (SSSR count). The van der Waals surface area contributed by atoms with Crippen molar-refractivity contribution in [3.05, 3.63) is 28.2 Å². The first-order chi connectivity index (χ1) is 7.34. The molecule has 0 aliphatic rings. The van der Waals surface area contributed by atoms with Gasteiger partial charge in [-0.2, -0.15) is 0 Å². The summed E-state index contributed by atoms with van der Waals surface area (Å²) in [7, 11) is -1.54. The molecule has 1 unspecified atom stereocenters. The fraction of sp³-hybridized carbons (Fsp3) is 0.400. The average Bonchev–Trinajstić information content (AvgIpc) is 2.16. The molecule has 16 heavy (non-hydrogen) atoms. The van der Waals surface area contributed by atoms with Crippen LogP contribution in [0, 0.1) is 0 Å². The smallest absolute Gasteiger partial charge is 0.175 e. The molecule has 0 amide bonds. The van der Waals surface area contributed by atoms with Gasteiger partial charge in [-0.15, -0.1) is 0 Å². The van der Waals surface area contributed by atoms with E-state index in [4.69, 9.17) is 0 Å². The van der Waals surface area contributed by atoms with Gasteiger partial charge in [-0.25, -0.2) is 8.42 Å². The number of likely N-dealkylation sites (N-methyl/N-ethyl adjacent to an activating group) is 1. The number of hydrogen-bond donors (Lipinski definition) is 2. The van der Waals surface area contributed by atoms with Crippen molar-refractivity contribution in [2.24, 2.45) is 0 Å². The van der Waals surface area contributed by atoms with Crippen molar-refractivity contribution in [3.63, 3.8) is 0 Å². The van der Waals surface area contributed by atoms with Crippen LogP contribution in [0.4, 0.5) is 0 Å². The summed E-state index contributed by atoms with van der Waals surface area (Å²) in [5, 5.41) is 12.6. The van der Waals surface area contributed by atoms with Crippen LogP contribution in [0.1, 0.15) is 11.7 Å². The molecule has 0 aliphatic heterocycles. The van der Waals surface area contributed by atoms with Gasteiger partial charge in [0.1, 0.15) is 0 Å². The molecule has 0 saturated heterocycles. The second-order valence-electron chi connectivity index (χ2n) is 3.57. The Kier molecular flexibility index (Phi) is 4.49. The molecule has 1 aromatic carbocycles. The first-order valence-electron chi connectivity index (χ1n) is 4.68. The van der Waals surface area contributed by atoms with Crippen molar-refractivity contribution in [3.8, 4) is 0 Å². The Hall–Kier alpha value is -0.430. The van der Waals surface area contributed by atoms with Gasteiger partial charge in [0.15, 0.2) is 9.84 Å². The largest absolute Gasteiger partial charge is 0.387 e. The van der Waals surface area contributed by atoms with Crippen molar-refractivity contribution >= 4 is 25.8 Å². The summed E-state index contributed by atoms with van der Waals surface area (Å²) in [6, 6.07) is 4.71. The molecule has 0 spiro atoms. The molecule has 2 N–H and O–H groups in total. The summed E-state index contributed by atoms with van der Waals surface area (Å²) < 4.78 is 23.4. The maximum Gasteiger partial charge on any atom is 0.175 e. The number of rotatable bonds is 4. The van der Waals surface area contributed by atoms with Crippen LogP contribution in [-0.2, 0) is 9.84 Å². The molecule has 0 heterocycles. The lowest BCUT2D eigenvalue weighted by Gasteiger charge is -2.12. The summed E-state index contributed by atoms with van der Waals surface area (Å²) in [6.07, 6.45) is 0.422. The highest BCUT2D eigenvalue weighted by molar-refractivity contribution is 9.10. The standard InChI is InChI=1S/C10H14BrNO3S/c1-12-6-10(13)7-3-8(11)5-9(4-7)16(2,14)15/h3-5,10,12-13H,6H2,1-2H3. The Morgan fingerprint density at radius 3 is 2.56 bits per heavy atom. The highest BCUT2D eigenvalue weighted by Crippen LogP contribution is 2.23. The fourth-order valence-electron chi connectivity index (χ4n) is 1.30. The van der Waals surface area contributed by atoms with Crippen LogP contribution in [0.25, 0.3) is 0 Å². The van der Waals surface area contributed by atoms with E-state index in [-0.39, 0.29) is 4.90 Å². The monoisotopic (exact) mass is 307 g/mol. The third kappa shape index (κ3) is 3.55. The fourth-order valence-corrected chi connectivity index (χ4v) is 2.66. The van der Waals surface area contributed by atoms with Crippen molar-refractivity contribution in [1.29, 1.82) is 0 Å². The molecule has 0 radical (unpaired) electrons. The molecular weight excluding hydrogens is 294 g/mol. The van der Waals surface area contributed by atoms with Gasteiger partial charge in [0.2, 0.25) is 0 Å². The van der Waals surface area contributed by atoms with Crippen LogP contribution in [0.15, 0.2) is 27.6 Å². The van der Waals surface area contributed by atoms with Gasteiger partial charge < -0.3 is 10.4 Å². The van der Waals surface area contributed by atoms with Gasteiger partial charge >= 0.3 is 0 Å². The maximum atomic E-state index is 11.4. The summed E-state index contributed by atoms with van der Waals surface area (Å²) >= 11 is 3.23. The van der Waals surface area contributed by atoms with Crippen LogP contribution in [0.2, 0.25) is 0 Å². The Bertz CT molecular complexity index is 473. The molecule has 0 fully saturated rings. The minimum absolute atomic E-state index is 0.201. The summed E-state index contributed by atoms with van der Waals surface area (Å²) in [6.45, 7) is 0.375. The van der Waals surface area contributed by atoms with E-state index in [1.807, 2.05) is 0 Å². The first kappa shape index (κ1) is 13.6. The van der Waals surface area contributed by atoms with E-state index in [1.54, 1.807) is 13.1 Å². The third-order valence-electron chi connectivity index (χ3n) is 2.10. The van der Waals surface area contributed by atoms with Crippen molar-refractivity contribution in [2.45, 2.75) is 11.0 Å². The van der Waals surface area contributed by atoms with E-state index in [9.17, 15) is 13.5 Å². The number of aliphatic hydroxyl groups excluding tert-OH is 1. The number of benzene rings is 1. The van der Waals surface area contributed by atoms with Gasteiger partial charge in [0.05, 0.1) is 11.0 Å². The minimum atomic E-state index is -3.26. The van der Waals surface area contributed by atoms with Gasteiger partial charge in [-0.05, 0) is 30.8 Å². The predicted octanol–water partition coefficient (Wildman–Crippen LogP) is 1.11. The summed E-state index contributed by atoms with van der Waals surface area (Å²) in [5.74, 6) is 0. The van der Waals surface area contributed by atoms with Gasteiger partial charge in [0, 0.05) is 17.3 Å². The Labute approximate surface area is 104 Å².